The van der Waals surface area contributed by atoms with Gasteiger partial charge in [0.15, 0.2) is 0 Å². The van der Waals surface area contributed by atoms with E-state index in [4.69, 9.17) is 16.2 Å². The van der Waals surface area contributed by atoms with E-state index >= 15 is 4.79 Å². The molecule has 3 aromatic rings. The number of aliphatic carboxylic acids is 1. The van der Waals surface area contributed by atoms with E-state index in [9.17, 15) is 93.0 Å². The number of hydrogen-bond acceptors (Lipinski definition) is 22. The molecule has 0 aliphatic carbocycles. The number of aromatic hydroxyl groups is 3. The van der Waals surface area contributed by atoms with Crippen LogP contribution in [0.2, 0.25) is 0 Å². The first-order valence-corrected chi connectivity index (χ1v) is 35.3. The van der Waals surface area contributed by atoms with Crippen molar-refractivity contribution in [1.82, 2.24) is 63.8 Å². The van der Waals surface area contributed by atoms with Crippen LogP contribution < -0.4 is 75.3 Å². The second kappa shape index (κ2) is 42.4. The van der Waals surface area contributed by atoms with Crippen molar-refractivity contribution in [3.05, 3.63) is 89.5 Å². The highest BCUT2D eigenvalue weighted by Crippen LogP contribution is 2.19. The summed E-state index contributed by atoms with van der Waals surface area (Å²) in [4.78, 5) is 198. The number of nitrogens with two attached hydrogens (primary N) is 2. The number of phenolic OH excluding ortho intramolecular Hbond substituents is 3. The maximum atomic E-state index is 15.0. The van der Waals surface area contributed by atoms with Crippen LogP contribution in [0.25, 0.3) is 0 Å². The van der Waals surface area contributed by atoms with Crippen molar-refractivity contribution in [2.75, 3.05) is 19.7 Å². The molecule has 0 saturated carbocycles. The third kappa shape index (κ3) is 28.2. The van der Waals surface area contributed by atoms with Crippen LogP contribution in [0.15, 0.2) is 72.8 Å². The Labute approximate surface area is 612 Å². The predicted molar refractivity (Wildman–Crippen MR) is 379 cm³/mol. The van der Waals surface area contributed by atoms with Gasteiger partial charge in [-0.2, -0.15) is 0 Å². The largest absolute Gasteiger partial charge is 0.508 e. The molecule has 2 fully saturated rings. The molecule has 0 bridgehead atoms. The van der Waals surface area contributed by atoms with Crippen LogP contribution in [0.5, 0.6) is 17.2 Å². The van der Waals surface area contributed by atoms with Gasteiger partial charge in [-0.3, -0.25) is 62.3 Å². The van der Waals surface area contributed by atoms with E-state index in [1.165, 1.54) is 93.6 Å². The standard InChI is InChI=1S/C71H102N14O21/c1-7-37(4)58-71(105)106-35-46(90)34-54(81-66(100)51(31-40-13-19-43(87)20-14-40)80-63(97)49(25-27-55(73)91)77-61(95)47-12-10-30-74-47)68(102)83-57(36(2)3)69(103)78-50(26-28-56(92)93)64(98)85-59(39(6)86)70(104)82-52(32-41-15-21-44(88)22-16-41)65(99)76-48(11-8-9-29-72)62(96)75-38(5)60(94)79-53(67(101)84-58)33-42-17-23-45(89)24-18-42/h13-24,36-39,46-54,57-59,74,86-90H,7-12,25-35,72H2,1-6H3,(H2,73,91)(H,75,96)(H,76,99)(H,77,95)(H,78,103)(H,79,94)(H,80,97)(H,81,100)(H,82,104)(H,83,102)(H,84,101)(H,85,98)(H,92,93). The molecule has 5 rings (SSSR count). The molecule has 3 aromatic carbocycles. The fourth-order valence-corrected chi connectivity index (χ4v) is 11.5. The minimum Gasteiger partial charge on any atom is -0.508 e. The van der Waals surface area contributed by atoms with Crippen LogP contribution in [0.4, 0.5) is 0 Å². The molecule has 15 atom stereocenters. The first kappa shape index (κ1) is 86.1. The number of rotatable bonds is 26. The van der Waals surface area contributed by atoms with Gasteiger partial charge in [-0.05, 0) is 137 Å². The normalized spacial score (nSPS) is 24.2. The van der Waals surface area contributed by atoms with Crippen LogP contribution in [0.3, 0.4) is 0 Å². The zero-order valence-electron chi connectivity index (χ0n) is 60.1. The van der Waals surface area contributed by atoms with E-state index in [1.807, 2.05) is 0 Å². The molecule has 2 heterocycles. The van der Waals surface area contributed by atoms with E-state index in [0.717, 1.165) is 6.92 Å². The number of phenols is 3. The SMILES string of the molecule is CCC(C)C1NC(=O)C(Cc2ccc(O)cc2)NC(=O)C(C)NC(=O)C(CCCCN)NC(=O)C(Cc2ccc(O)cc2)NC(=O)C(C(C)O)NC(=O)C(CCC(=O)O)NC(=O)C(C(C)C)NC(=O)C(NC(=O)C(Cc2ccc(O)cc2)NC(=O)C(CCC(N)=O)NC(=O)C2CCCN2)CC(O)COC1=O. The van der Waals surface area contributed by atoms with Crippen molar-refractivity contribution >= 4 is 82.8 Å². The van der Waals surface area contributed by atoms with Crippen molar-refractivity contribution in [3.63, 3.8) is 0 Å². The van der Waals surface area contributed by atoms with Crippen LogP contribution >= 0.6 is 0 Å². The van der Waals surface area contributed by atoms with E-state index < -0.39 is 218 Å². The molecule has 582 valence electrons. The Morgan fingerprint density at radius 2 is 1.08 bits per heavy atom. The molecule has 2 aliphatic heterocycles. The number of benzene rings is 3. The number of ether oxygens (including phenoxy) is 1. The Morgan fingerprint density at radius 3 is 1.61 bits per heavy atom. The van der Waals surface area contributed by atoms with Crippen LogP contribution in [-0.4, -0.2) is 218 Å². The fourth-order valence-electron chi connectivity index (χ4n) is 11.5. The lowest BCUT2D eigenvalue weighted by atomic mass is 9.97. The number of primary amides is 1. The van der Waals surface area contributed by atoms with Crippen molar-refractivity contribution in [1.29, 1.82) is 0 Å². The summed E-state index contributed by atoms with van der Waals surface area (Å²) in [7, 11) is 0. The zero-order chi connectivity index (χ0) is 78.5. The number of carboxylic acid groups (broad SMARTS) is 1. The lowest BCUT2D eigenvalue weighted by Crippen LogP contribution is -2.63. The number of esters is 1. The minimum atomic E-state index is -2.00. The summed E-state index contributed by atoms with van der Waals surface area (Å²) in [6.07, 6.45) is -6.16. The number of amides is 12. The number of cyclic esters (lactones) is 1. The molecule has 15 unspecified atom stereocenters. The van der Waals surface area contributed by atoms with Gasteiger partial charge in [0, 0.05) is 38.5 Å². The lowest BCUT2D eigenvalue weighted by molar-refractivity contribution is -0.153. The summed E-state index contributed by atoms with van der Waals surface area (Å²) in [6.45, 7) is 8.17. The van der Waals surface area contributed by atoms with Crippen molar-refractivity contribution < 1.29 is 102 Å². The van der Waals surface area contributed by atoms with Crippen molar-refractivity contribution in [2.24, 2.45) is 23.3 Å². The predicted octanol–water partition coefficient (Wildman–Crippen LogP) is -3.41. The first-order valence-electron chi connectivity index (χ1n) is 35.3. The number of unbranched alkanes of at least 4 members (excludes halogenated alkanes) is 1. The molecule has 12 amide bonds. The Bertz CT molecular complexity index is 3520. The molecule has 0 aromatic heterocycles. The minimum absolute atomic E-state index is 0.0940. The van der Waals surface area contributed by atoms with E-state index in [2.05, 4.69) is 63.8 Å². The monoisotopic (exact) mass is 1490 g/mol. The van der Waals surface area contributed by atoms with Gasteiger partial charge in [0.1, 0.15) is 90.3 Å². The van der Waals surface area contributed by atoms with E-state index in [1.54, 1.807) is 13.8 Å². The maximum absolute atomic E-state index is 15.0. The van der Waals surface area contributed by atoms with Gasteiger partial charge in [-0.15, -0.1) is 0 Å². The van der Waals surface area contributed by atoms with Gasteiger partial charge in [0.25, 0.3) is 0 Å². The highest BCUT2D eigenvalue weighted by atomic mass is 16.5. The Morgan fingerprint density at radius 1 is 0.585 bits per heavy atom. The van der Waals surface area contributed by atoms with Crippen molar-refractivity contribution in [2.45, 2.75) is 216 Å². The summed E-state index contributed by atoms with van der Waals surface area (Å²) in [5.41, 5.74) is 12.3. The lowest BCUT2D eigenvalue weighted by Gasteiger charge is -2.30. The summed E-state index contributed by atoms with van der Waals surface area (Å²) >= 11 is 0. The molecule has 0 spiro atoms. The first-order chi connectivity index (χ1) is 50.2. The molecule has 2 aliphatic rings. The second-order valence-electron chi connectivity index (χ2n) is 27.0. The molecular formula is C71H102N14O21. The molecule has 22 N–H and O–H groups in total. The number of carbonyl (C=O) groups excluding carboxylic acids is 13. The molecule has 0 radical (unpaired) electrons. The van der Waals surface area contributed by atoms with Gasteiger partial charge in [0.2, 0.25) is 70.9 Å². The summed E-state index contributed by atoms with van der Waals surface area (Å²) in [6, 6.07) is -2.92. The average molecular weight is 1490 g/mol. The summed E-state index contributed by atoms with van der Waals surface area (Å²) < 4.78 is 5.63. The molecular weight excluding hydrogens is 1380 g/mol. The molecule has 35 heteroatoms. The number of aliphatic hydroxyl groups excluding tert-OH is 2. The van der Waals surface area contributed by atoms with Gasteiger partial charge in [0.05, 0.1) is 18.2 Å². The van der Waals surface area contributed by atoms with Gasteiger partial charge >= 0.3 is 11.9 Å². The maximum Gasteiger partial charge on any atom is 0.329 e. The highest BCUT2D eigenvalue weighted by molar-refractivity contribution is 6.00. The van der Waals surface area contributed by atoms with Gasteiger partial charge < -0.3 is 111 Å². The van der Waals surface area contributed by atoms with Gasteiger partial charge in [-0.1, -0.05) is 70.5 Å². The average Bonchev–Trinajstić information content (AvgIpc) is 0.961. The molecule has 2 saturated heterocycles. The highest BCUT2D eigenvalue weighted by Gasteiger charge is 2.40. The van der Waals surface area contributed by atoms with E-state index in [-0.39, 0.29) is 62.3 Å². The van der Waals surface area contributed by atoms with Crippen LogP contribution in [-0.2, 0) is 91.1 Å². The molecule has 106 heavy (non-hydrogen) atoms. The van der Waals surface area contributed by atoms with Gasteiger partial charge in [-0.25, -0.2) is 4.79 Å². The third-order valence-corrected chi connectivity index (χ3v) is 18.0. The third-order valence-electron chi connectivity index (χ3n) is 18.0. The van der Waals surface area contributed by atoms with Crippen molar-refractivity contribution in [3.8, 4) is 17.2 Å². The number of carboxylic acids is 1. The van der Waals surface area contributed by atoms with E-state index in [0.29, 0.717) is 42.5 Å². The Hall–Kier alpha value is -10.5. The van der Waals surface area contributed by atoms with Crippen LogP contribution in [0.1, 0.15) is 129 Å². The number of hydrogen-bond donors (Lipinski definition) is 20. The summed E-state index contributed by atoms with van der Waals surface area (Å²) in [5, 5.41) is 94.0. The Kier molecular flexibility index (Phi) is 34.5. The number of nitrogens with one attached hydrogen (secondary N) is 12. The number of carbonyl (C=O) groups is 14. The zero-order valence-corrected chi connectivity index (χ0v) is 60.1. The fraction of sp³-hybridized carbons (Fsp3) is 0.549. The second-order valence-corrected chi connectivity index (χ2v) is 27.0. The quantitative estimate of drug-likeness (QED) is 0.0275. The Balaban J connectivity index is 1.63. The number of aliphatic hydroxyl groups is 2. The van der Waals surface area contributed by atoms with Crippen LogP contribution in [0, 0.1) is 11.8 Å². The smallest absolute Gasteiger partial charge is 0.329 e. The summed E-state index contributed by atoms with van der Waals surface area (Å²) in [5.74, 6) is -17.2. The molecule has 35 nitrogen and oxygen atoms in total. The topological polar surface area (TPSA) is 566 Å².